The number of alkyl halides is 3. The molecular weight excluding hydrogens is 377 g/mol. The number of H-pyrrole nitrogens is 1. The van der Waals surface area contributed by atoms with Crippen LogP contribution in [0.3, 0.4) is 0 Å². The zero-order chi connectivity index (χ0) is 19.9. The second-order valence-electron chi connectivity index (χ2n) is 6.20. The van der Waals surface area contributed by atoms with E-state index in [1.165, 1.54) is 6.92 Å². The fourth-order valence-corrected chi connectivity index (χ4v) is 2.96. The van der Waals surface area contributed by atoms with Gasteiger partial charge in [0.05, 0.1) is 0 Å². The number of nitrogens with one attached hydrogen (secondary N) is 3. The van der Waals surface area contributed by atoms with E-state index in [2.05, 4.69) is 30.8 Å². The van der Waals surface area contributed by atoms with Gasteiger partial charge in [0.1, 0.15) is 5.82 Å². The highest BCUT2D eigenvalue weighted by atomic mass is 19.4. The Morgan fingerprint density at radius 3 is 2.86 bits per heavy atom. The average molecular weight is 392 g/mol. The summed E-state index contributed by atoms with van der Waals surface area (Å²) in [6.45, 7) is 2.98. The fourth-order valence-electron chi connectivity index (χ4n) is 2.96. The predicted octanol–water partition coefficient (Wildman–Crippen LogP) is 1.61. The van der Waals surface area contributed by atoms with Gasteiger partial charge in [0, 0.05) is 12.2 Å². The number of aromatic amines is 1. The minimum Gasteiger partial charge on any atom is -0.319 e. The van der Waals surface area contributed by atoms with Crippen molar-refractivity contribution in [2.45, 2.75) is 26.1 Å². The molecule has 0 fully saturated rings. The first-order valence-corrected chi connectivity index (χ1v) is 8.39. The molecule has 3 aromatic rings. The van der Waals surface area contributed by atoms with Crippen LogP contribution in [-0.2, 0) is 19.1 Å². The van der Waals surface area contributed by atoms with Crippen molar-refractivity contribution in [1.29, 1.82) is 0 Å². The third-order valence-electron chi connectivity index (χ3n) is 4.30. The Labute approximate surface area is 156 Å². The molecule has 4 rings (SSSR count). The number of benzene rings is 1. The summed E-state index contributed by atoms with van der Waals surface area (Å²) in [5.74, 6) is -2.20. The molecule has 1 aromatic carbocycles. The van der Waals surface area contributed by atoms with Gasteiger partial charge < -0.3 is 10.6 Å². The zero-order valence-corrected chi connectivity index (χ0v) is 14.6. The molecule has 0 aliphatic carbocycles. The number of carbonyl (C=O) groups is 1. The van der Waals surface area contributed by atoms with Crippen molar-refractivity contribution < 1.29 is 18.0 Å². The topological polar surface area (TPSA) is 113 Å². The lowest BCUT2D eigenvalue weighted by Gasteiger charge is -2.20. The van der Waals surface area contributed by atoms with E-state index in [9.17, 15) is 18.0 Å². The standard InChI is InChI=1S/C16H15F3N8O/c1-8-21-12(26-27(8)15-23-14(24-25-15)16(17,18)19)13(28)22-11-4-2-3-9-5-6-20-7-10(9)11/h2-4,20H,5-7H2,1H3,(H,22,28)(H,23,24,25). The van der Waals surface area contributed by atoms with Crippen molar-refractivity contribution in [3.05, 3.63) is 46.8 Å². The number of anilines is 1. The van der Waals surface area contributed by atoms with Crippen LogP contribution < -0.4 is 10.6 Å². The fraction of sp³-hybridized carbons (Fsp3) is 0.312. The lowest BCUT2D eigenvalue weighted by atomic mass is 9.99. The molecule has 1 amide bonds. The molecule has 3 heterocycles. The maximum absolute atomic E-state index is 12.7. The van der Waals surface area contributed by atoms with Gasteiger partial charge >= 0.3 is 6.18 Å². The second-order valence-corrected chi connectivity index (χ2v) is 6.20. The smallest absolute Gasteiger partial charge is 0.319 e. The van der Waals surface area contributed by atoms with Gasteiger partial charge in [-0.1, -0.05) is 12.1 Å². The average Bonchev–Trinajstić information content (AvgIpc) is 3.28. The van der Waals surface area contributed by atoms with Crippen LogP contribution in [0, 0.1) is 6.92 Å². The number of hydrogen-bond donors (Lipinski definition) is 3. The Kier molecular flexibility index (Phi) is 4.34. The van der Waals surface area contributed by atoms with Crippen LogP contribution in [0.1, 0.15) is 33.4 Å². The van der Waals surface area contributed by atoms with E-state index in [1.807, 2.05) is 12.1 Å². The highest BCUT2D eigenvalue weighted by Crippen LogP contribution is 2.26. The van der Waals surface area contributed by atoms with Crippen molar-refractivity contribution >= 4 is 11.6 Å². The highest BCUT2D eigenvalue weighted by molar-refractivity contribution is 6.02. The quantitative estimate of drug-likeness (QED) is 0.624. The van der Waals surface area contributed by atoms with Gasteiger partial charge in [0.2, 0.25) is 11.6 Å². The summed E-state index contributed by atoms with van der Waals surface area (Å²) >= 11 is 0. The van der Waals surface area contributed by atoms with Crippen LogP contribution in [0.25, 0.3) is 5.95 Å². The summed E-state index contributed by atoms with van der Waals surface area (Å²) in [6, 6.07) is 5.63. The number of aryl methyl sites for hydroxylation is 1. The third-order valence-corrected chi connectivity index (χ3v) is 4.30. The lowest BCUT2D eigenvalue weighted by molar-refractivity contribution is -0.144. The minimum absolute atomic E-state index is 0.176. The summed E-state index contributed by atoms with van der Waals surface area (Å²) < 4.78 is 39.0. The number of fused-ring (bicyclic) bond motifs is 1. The van der Waals surface area contributed by atoms with Crippen LogP contribution in [0.5, 0.6) is 0 Å². The van der Waals surface area contributed by atoms with Crippen LogP contribution in [0.4, 0.5) is 18.9 Å². The van der Waals surface area contributed by atoms with Crippen molar-refractivity contribution in [1.82, 2.24) is 35.3 Å². The number of amides is 1. The zero-order valence-electron chi connectivity index (χ0n) is 14.6. The molecule has 0 bridgehead atoms. The molecule has 0 saturated heterocycles. The molecule has 12 heteroatoms. The summed E-state index contributed by atoms with van der Waals surface area (Å²) in [5.41, 5.74) is 2.77. The van der Waals surface area contributed by atoms with E-state index in [0.29, 0.717) is 12.2 Å². The number of hydrogen-bond acceptors (Lipinski definition) is 6. The molecule has 2 aromatic heterocycles. The predicted molar refractivity (Wildman–Crippen MR) is 90.8 cm³/mol. The molecule has 1 aliphatic heterocycles. The van der Waals surface area contributed by atoms with Gasteiger partial charge in [-0.2, -0.15) is 22.8 Å². The number of aromatic nitrogens is 6. The van der Waals surface area contributed by atoms with Gasteiger partial charge in [-0.25, -0.2) is 4.98 Å². The molecule has 0 saturated carbocycles. The molecule has 3 N–H and O–H groups in total. The molecule has 0 atom stereocenters. The first kappa shape index (κ1) is 18.1. The summed E-state index contributed by atoms with van der Waals surface area (Å²) in [6.07, 6.45) is -3.81. The van der Waals surface area contributed by atoms with Gasteiger partial charge in [0.15, 0.2) is 0 Å². The maximum atomic E-state index is 12.7. The first-order valence-electron chi connectivity index (χ1n) is 8.39. The monoisotopic (exact) mass is 392 g/mol. The van der Waals surface area contributed by atoms with Gasteiger partial charge in [-0.3, -0.25) is 9.89 Å². The Bertz CT molecular complexity index is 1040. The van der Waals surface area contributed by atoms with Crippen LogP contribution in [0.15, 0.2) is 18.2 Å². The number of carbonyl (C=O) groups excluding carboxylic acids is 1. The van der Waals surface area contributed by atoms with Crippen molar-refractivity contribution in [3.63, 3.8) is 0 Å². The normalized spacial score (nSPS) is 14.0. The molecule has 146 valence electrons. The number of halogens is 3. The van der Waals surface area contributed by atoms with Gasteiger partial charge in [-0.15, -0.1) is 10.2 Å². The molecule has 1 aliphatic rings. The number of nitrogens with zero attached hydrogens (tertiary/aromatic N) is 5. The van der Waals surface area contributed by atoms with E-state index in [4.69, 9.17) is 0 Å². The van der Waals surface area contributed by atoms with E-state index in [-0.39, 0.29) is 17.6 Å². The first-order chi connectivity index (χ1) is 13.3. The highest BCUT2D eigenvalue weighted by Gasteiger charge is 2.35. The van der Waals surface area contributed by atoms with E-state index >= 15 is 0 Å². The molecule has 9 nitrogen and oxygen atoms in total. The second kappa shape index (κ2) is 6.71. The Balaban J connectivity index is 1.59. The van der Waals surface area contributed by atoms with Crippen molar-refractivity contribution in [2.75, 3.05) is 11.9 Å². The van der Waals surface area contributed by atoms with Gasteiger partial charge in [0.25, 0.3) is 11.9 Å². The van der Waals surface area contributed by atoms with E-state index < -0.39 is 17.9 Å². The lowest BCUT2D eigenvalue weighted by Crippen LogP contribution is -2.25. The van der Waals surface area contributed by atoms with E-state index in [0.717, 1.165) is 28.8 Å². The Morgan fingerprint density at radius 2 is 2.11 bits per heavy atom. The number of rotatable bonds is 3. The minimum atomic E-state index is -4.67. The maximum Gasteiger partial charge on any atom is 0.451 e. The van der Waals surface area contributed by atoms with Crippen molar-refractivity contribution in [3.8, 4) is 5.95 Å². The van der Waals surface area contributed by atoms with Crippen molar-refractivity contribution in [2.24, 2.45) is 0 Å². The Hall–Kier alpha value is -3.28. The molecule has 28 heavy (non-hydrogen) atoms. The molecule has 0 spiro atoms. The SMILES string of the molecule is Cc1nc(C(=O)Nc2cccc3c2CNCC3)nn1-c1n[nH]c(C(F)(F)F)n1. The molecule has 0 unspecified atom stereocenters. The summed E-state index contributed by atoms with van der Waals surface area (Å²) in [7, 11) is 0. The van der Waals surface area contributed by atoms with Crippen LogP contribution in [0.2, 0.25) is 0 Å². The van der Waals surface area contributed by atoms with Crippen LogP contribution in [-0.4, -0.2) is 42.4 Å². The van der Waals surface area contributed by atoms with Gasteiger partial charge in [-0.05, 0) is 37.1 Å². The van der Waals surface area contributed by atoms with Crippen LogP contribution >= 0.6 is 0 Å². The summed E-state index contributed by atoms with van der Waals surface area (Å²) in [4.78, 5) is 19.9. The molecule has 0 radical (unpaired) electrons. The largest absolute Gasteiger partial charge is 0.451 e. The third kappa shape index (κ3) is 3.33. The Morgan fingerprint density at radius 1 is 1.29 bits per heavy atom. The van der Waals surface area contributed by atoms with E-state index in [1.54, 1.807) is 11.2 Å². The molecular formula is C16H15F3N8O. The summed E-state index contributed by atoms with van der Waals surface area (Å²) in [5, 5.41) is 15.3.